The van der Waals surface area contributed by atoms with Crippen LogP contribution in [0.5, 0.6) is 0 Å². The number of anilines is 1. The monoisotopic (exact) mass is 404 g/mol. The minimum atomic E-state index is -3.77. The molecule has 0 saturated carbocycles. The number of amides is 1. The summed E-state index contributed by atoms with van der Waals surface area (Å²) in [6.07, 6.45) is 0.429. The van der Waals surface area contributed by atoms with E-state index in [4.69, 9.17) is 4.74 Å². The molecular formula is C20H24N2O5S. The maximum Gasteiger partial charge on any atom is 0.328 e. The number of methoxy groups -OCH3 is 1. The van der Waals surface area contributed by atoms with Gasteiger partial charge in [-0.3, -0.25) is 9.52 Å². The van der Waals surface area contributed by atoms with Crippen LogP contribution in [0.4, 0.5) is 5.69 Å². The number of carbonyl (C=O) groups excluding carboxylic acids is 2. The molecule has 0 aliphatic rings. The number of nitrogens with one attached hydrogen (secondary N) is 2. The van der Waals surface area contributed by atoms with Crippen LogP contribution >= 0.6 is 0 Å². The summed E-state index contributed by atoms with van der Waals surface area (Å²) in [5, 5.41) is 2.65. The number of rotatable bonds is 8. The highest BCUT2D eigenvalue weighted by molar-refractivity contribution is 7.92. The first-order valence-electron chi connectivity index (χ1n) is 8.79. The van der Waals surface area contributed by atoms with E-state index in [1.165, 1.54) is 25.3 Å². The Labute approximate surface area is 165 Å². The fraction of sp³-hybridized carbons (Fsp3) is 0.300. The summed E-state index contributed by atoms with van der Waals surface area (Å²) < 4.78 is 32.1. The highest BCUT2D eigenvalue weighted by Gasteiger charge is 2.23. The standard InChI is InChI=1S/C20H24N2O5S/c1-14(2)12-18(20(24)27-3)21-19(23)15-8-7-9-16(13-15)22-28(25,26)17-10-5-4-6-11-17/h4-11,13-14,18,22H,12H2,1-3H3,(H,21,23). The third-order valence-corrected chi connectivity index (χ3v) is 5.33. The number of ether oxygens (including phenoxy) is 1. The molecule has 8 heteroatoms. The minimum absolute atomic E-state index is 0.118. The predicted octanol–water partition coefficient (Wildman–Crippen LogP) is 2.80. The molecule has 0 aliphatic heterocycles. The van der Waals surface area contributed by atoms with E-state index in [9.17, 15) is 18.0 Å². The van der Waals surface area contributed by atoms with Gasteiger partial charge in [0, 0.05) is 11.3 Å². The van der Waals surface area contributed by atoms with Crippen LogP contribution in [0.25, 0.3) is 0 Å². The van der Waals surface area contributed by atoms with Crippen LogP contribution in [-0.2, 0) is 19.6 Å². The zero-order valence-electron chi connectivity index (χ0n) is 16.0. The maximum atomic E-state index is 12.5. The summed E-state index contributed by atoms with van der Waals surface area (Å²) in [6, 6.07) is 13.2. The van der Waals surface area contributed by atoms with Crippen LogP contribution in [0, 0.1) is 5.92 Å². The molecule has 0 fully saturated rings. The smallest absolute Gasteiger partial charge is 0.328 e. The molecule has 0 aromatic heterocycles. The van der Waals surface area contributed by atoms with E-state index in [1.807, 2.05) is 13.8 Å². The Hall–Kier alpha value is -2.87. The fourth-order valence-electron chi connectivity index (χ4n) is 2.61. The highest BCUT2D eigenvalue weighted by atomic mass is 32.2. The normalized spacial score (nSPS) is 12.3. The molecule has 1 atom stereocenters. The Morgan fingerprint density at radius 1 is 1.04 bits per heavy atom. The third-order valence-electron chi connectivity index (χ3n) is 3.93. The quantitative estimate of drug-likeness (QED) is 0.659. The van der Waals surface area contributed by atoms with Crippen molar-refractivity contribution in [2.24, 2.45) is 5.92 Å². The third kappa shape index (κ3) is 5.82. The van der Waals surface area contributed by atoms with Gasteiger partial charge in [-0.2, -0.15) is 0 Å². The average Bonchev–Trinajstić information content (AvgIpc) is 2.67. The van der Waals surface area contributed by atoms with Crippen LogP contribution in [0.2, 0.25) is 0 Å². The van der Waals surface area contributed by atoms with Gasteiger partial charge in [-0.25, -0.2) is 13.2 Å². The zero-order valence-corrected chi connectivity index (χ0v) is 16.8. The van der Waals surface area contributed by atoms with Gasteiger partial charge in [0.25, 0.3) is 15.9 Å². The largest absolute Gasteiger partial charge is 0.467 e. The van der Waals surface area contributed by atoms with Gasteiger partial charge in [0.15, 0.2) is 0 Å². The Bertz CT molecular complexity index is 927. The Morgan fingerprint density at radius 2 is 1.71 bits per heavy atom. The molecule has 28 heavy (non-hydrogen) atoms. The first-order chi connectivity index (χ1) is 13.2. The molecule has 1 amide bonds. The van der Waals surface area contributed by atoms with Crippen molar-refractivity contribution in [1.29, 1.82) is 0 Å². The van der Waals surface area contributed by atoms with E-state index >= 15 is 0 Å². The number of carbonyl (C=O) groups is 2. The SMILES string of the molecule is COC(=O)C(CC(C)C)NC(=O)c1cccc(NS(=O)(=O)c2ccccc2)c1. The molecular weight excluding hydrogens is 380 g/mol. The molecule has 0 spiro atoms. The van der Waals surface area contributed by atoms with E-state index in [0.717, 1.165) is 0 Å². The van der Waals surface area contributed by atoms with E-state index in [2.05, 4.69) is 10.0 Å². The number of hydrogen-bond donors (Lipinski definition) is 2. The second-order valence-electron chi connectivity index (χ2n) is 6.68. The van der Waals surface area contributed by atoms with Crippen LogP contribution in [0.3, 0.4) is 0 Å². The van der Waals surface area contributed by atoms with Gasteiger partial charge in [0.1, 0.15) is 6.04 Å². The van der Waals surface area contributed by atoms with Crippen LogP contribution < -0.4 is 10.0 Å². The van der Waals surface area contributed by atoms with Crippen molar-refractivity contribution in [2.45, 2.75) is 31.2 Å². The van der Waals surface area contributed by atoms with E-state index in [-0.39, 0.29) is 22.1 Å². The molecule has 0 bridgehead atoms. The van der Waals surface area contributed by atoms with Crippen molar-refractivity contribution in [3.63, 3.8) is 0 Å². The van der Waals surface area contributed by atoms with E-state index in [1.54, 1.807) is 36.4 Å². The first-order valence-corrected chi connectivity index (χ1v) is 10.3. The van der Waals surface area contributed by atoms with Crippen molar-refractivity contribution in [3.8, 4) is 0 Å². The van der Waals surface area contributed by atoms with Crippen molar-refractivity contribution >= 4 is 27.6 Å². The lowest BCUT2D eigenvalue weighted by molar-refractivity contribution is -0.143. The number of benzene rings is 2. The van der Waals surface area contributed by atoms with Crippen LogP contribution in [0.1, 0.15) is 30.6 Å². The lowest BCUT2D eigenvalue weighted by atomic mass is 10.0. The molecule has 2 aromatic carbocycles. The number of sulfonamides is 1. The Kier molecular flexibility index (Phi) is 7.17. The molecule has 0 saturated heterocycles. The molecule has 2 rings (SSSR count). The molecule has 7 nitrogen and oxygen atoms in total. The van der Waals surface area contributed by atoms with Gasteiger partial charge < -0.3 is 10.1 Å². The van der Waals surface area contributed by atoms with Gasteiger partial charge in [0.05, 0.1) is 12.0 Å². The topological polar surface area (TPSA) is 102 Å². The molecule has 0 radical (unpaired) electrons. The van der Waals surface area contributed by atoms with Gasteiger partial charge >= 0.3 is 5.97 Å². The van der Waals surface area contributed by atoms with Crippen molar-refractivity contribution in [1.82, 2.24) is 5.32 Å². The summed E-state index contributed by atoms with van der Waals surface area (Å²) in [6.45, 7) is 3.86. The average molecular weight is 404 g/mol. The summed E-state index contributed by atoms with van der Waals surface area (Å²) in [4.78, 5) is 24.6. The van der Waals surface area contributed by atoms with Gasteiger partial charge in [0.2, 0.25) is 0 Å². The highest BCUT2D eigenvalue weighted by Crippen LogP contribution is 2.17. The van der Waals surface area contributed by atoms with Crippen molar-refractivity contribution in [3.05, 3.63) is 60.2 Å². The van der Waals surface area contributed by atoms with E-state index in [0.29, 0.717) is 6.42 Å². The van der Waals surface area contributed by atoms with E-state index < -0.39 is 27.9 Å². The lowest BCUT2D eigenvalue weighted by Gasteiger charge is -2.18. The predicted molar refractivity (Wildman–Crippen MR) is 106 cm³/mol. The Balaban J connectivity index is 2.17. The number of esters is 1. The Morgan fingerprint density at radius 3 is 2.32 bits per heavy atom. The number of hydrogen-bond acceptors (Lipinski definition) is 5. The van der Waals surface area contributed by atoms with Crippen molar-refractivity contribution < 1.29 is 22.7 Å². The van der Waals surface area contributed by atoms with Crippen molar-refractivity contribution in [2.75, 3.05) is 11.8 Å². The molecule has 0 heterocycles. The van der Waals surface area contributed by atoms with Gasteiger partial charge in [-0.05, 0) is 42.7 Å². The lowest BCUT2D eigenvalue weighted by Crippen LogP contribution is -2.42. The maximum absolute atomic E-state index is 12.5. The second kappa shape index (κ2) is 9.36. The summed E-state index contributed by atoms with van der Waals surface area (Å²) >= 11 is 0. The van der Waals surface area contributed by atoms with Crippen LogP contribution in [-0.4, -0.2) is 33.4 Å². The van der Waals surface area contributed by atoms with Crippen LogP contribution in [0.15, 0.2) is 59.5 Å². The second-order valence-corrected chi connectivity index (χ2v) is 8.36. The molecule has 0 aliphatic carbocycles. The first kappa shape index (κ1) is 21.4. The molecule has 150 valence electrons. The summed E-state index contributed by atoms with van der Waals surface area (Å²) in [5.41, 5.74) is 0.473. The summed E-state index contributed by atoms with van der Waals surface area (Å²) in [5.74, 6) is -0.840. The zero-order chi connectivity index (χ0) is 20.7. The minimum Gasteiger partial charge on any atom is -0.467 e. The fourth-order valence-corrected chi connectivity index (χ4v) is 3.68. The molecule has 2 aromatic rings. The van der Waals surface area contributed by atoms with Gasteiger partial charge in [-0.1, -0.05) is 38.1 Å². The van der Waals surface area contributed by atoms with Gasteiger partial charge in [-0.15, -0.1) is 0 Å². The molecule has 2 N–H and O–H groups in total. The molecule has 1 unspecified atom stereocenters. The summed E-state index contributed by atoms with van der Waals surface area (Å²) in [7, 11) is -2.50.